The standard InChI is InChI=1S/C11H20N4/c1-9(10-5-3-4-6-10)12-7-11-8-13-14-15(11)2/h8-10,12H,3-7H2,1-2H3/t9-/m0/s1. The lowest BCUT2D eigenvalue weighted by Gasteiger charge is -2.20. The zero-order valence-corrected chi connectivity index (χ0v) is 9.61. The van der Waals surface area contributed by atoms with Crippen LogP contribution in [-0.4, -0.2) is 21.0 Å². The number of nitrogens with zero attached hydrogens (tertiary/aromatic N) is 3. The Labute approximate surface area is 91.1 Å². The van der Waals surface area contributed by atoms with Crippen LogP contribution in [0.4, 0.5) is 0 Å². The van der Waals surface area contributed by atoms with E-state index >= 15 is 0 Å². The summed E-state index contributed by atoms with van der Waals surface area (Å²) in [5.74, 6) is 0.867. The number of hydrogen-bond acceptors (Lipinski definition) is 3. The van der Waals surface area contributed by atoms with Crippen LogP contribution in [0.3, 0.4) is 0 Å². The third kappa shape index (κ3) is 2.56. The monoisotopic (exact) mass is 208 g/mol. The van der Waals surface area contributed by atoms with Crippen LogP contribution in [0.2, 0.25) is 0 Å². The molecule has 0 spiro atoms. The van der Waals surface area contributed by atoms with Gasteiger partial charge in [-0.1, -0.05) is 18.1 Å². The highest BCUT2D eigenvalue weighted by Gasteiger charge is 2.21. The molecule has 0 saturated heterocycles. The Kier molecular flexibility index (Phi) is 3.36. The quantitative estimate of drug-likeness (QED) is 0.815. The van der Waals surface area contributed by atoms with Crippen LogP contribution in [-0.2, 0) is 13.6 Å². The molecule has 0 radical (unpaired) electrons. The lowest BCUT2D eigenvalue weighted by Crippen LogP contribution is -2.32. The Balaban J connectivity index is 1.80. The van der Waals surface area contributed by atoms with Gasteiger partial charge in [0, 0.05) is 19.6 Å². The van der Waals surface area contributed by atoms with Gasteiger partial charge in [0.2, 0.25) is 0 Å². The van der Waals surface area contributed by atoms with Gasteiger partial charge in [0.05, 0.1) is 11.9 Å². The maximum absolute atomic E-state index is 3.92. The molecule has 0 aromatic carbocycles. The van der Waals surface area contributed by atoms with Crippen LogP contribution >= 0.6 is 0 Å². The molecule has 0 unspecified atom stereocenters. The normalized spacial score (nSPS) is 19.6. The predicted octanol–water partition coefficient (Wildman–Crippen LogP) is 1.48. The van der Waals surface area contributed by atoms with Crippen LogP contribution in [0.15, 0.2) is 6.20 Å². The summed E-state index contributed by atoms with van der Waals surface area (Å²) in [4.78, 5) is 0. The molecular formula is C11H20N4. The van der Waals surface area contributed by atoms with Gasteiger partial charge in [0.25, 0.3) is 0 Å². The SMILES string of the molecule is C[C@H](NCc1cnnn1C)C1CCCC1. The van der Waals surface area contributed by atoms with Crippen LogP contribution < -0.4 is 5.32 Å². The molecule has 1 aromatic heterocycles. The van der Waals surface area contributed by atoms with Crippen molar-refractivity contribution in [3.63, 3.8) is 0 Å². The molecule has 0 aliphatic heterocycles. The first kappa shape index (κ1) is 10.6. The van der Waals surface area contributed by atoms with E-state index in [1.165, 1.54) is 25.7 Å². The molecule has 15 heavy (non-hydrogen) atoms. The summed E-state index contributed by atoms with van der Waals surface area (Å²) in [6.45, 7) is 3.17. The van der Waals surface area contributed by atoms with Crippen LogP contribution in [0, 0.1) is 5.92 Å². The molecule has 4 nitrogen and oxygen atoms in total. The number of aromatic nitrogens is 3. The fourth-order valence-corrected chi connectivity index (χ4v) is 2.36. The Bertz CT molecular complexity index is 301. The van der Waals surface area contributed by atoms with Gasteiger partial charge in [-0.25, -0.2) is 0 Å². The number of nitrogens with one attached hydrogen (secondary N) is 1. The number of rotatable bonds is 4. The molecule has 1 atom stereocenters. The molecule has 1 N–H and O–H groups in total. The van der Waals surface area contributed by atoms with Gasteiger partial charge in [-0.15, -0.1) is 5.10 Å². The van der Waals surface area contributed by atoms with E-state index in [0.717, 1.165) is 18.2 Å². The Hall–Kier alpha value is -0.900. The van der Waals surface area contributed by atoms with E-state index in [4.69, 9.17) is 0 Å². The molecule has 1 saturated carbocycles. The van der Waals surface area contributed by atoms with E-state index in [1.54, 1.807) is 0 Å². The third-order valence-electron chi connectivity index (χ3n) is 3.52. The summed E-state index contributed by atoms with van der Waals surface area (Å²) in [5.41, 5.74) is 1.15. The fourth-order valence-electron chi connectivity index (χ4n) is 2.36. The topological polar surface area (TPSA) is 42.7 Å². The summed E-state index contributed by atoms with van der Waals surface area (Å²) in [7, 11) is 1.93. The first-order chi connectivity index (χ1) is 7.27. The molecule has 4 heteroatoms. The maximum Gasteiger partial charge on any atom is 0.0738 e. The molecule has 0 bridgehead atoms. The van der Waals surface area contributed by atoms with Crippen molar-refractivity contribution in [2.45, 2.75) is 45.2 Å². The lowest BCUT2D eigenvalue weighted by molar-refractivity contribution is 0.376. The van der Waals surface area contributed by atoms with Crippen molar-refractivity contribution < 1.29 is 0 Å². The van der Waals surface area contributed by atoms with E-state index in [1.807, 2.05) is 17.9 Å². The summed E-state index contributed by atoms with van der Waals surface area (Å²) in [6.07, 6.45) is 7.41. The van der Waals surface area contributed by atoms with Crippen molar-refractivity contribution in [2.75, 3.05) is 0 Å². The second kappa shape index (κ2) is 4.75. The Morgan fingerprint density at radius 2 is 2.27 bits per heavy atom. The Morgan fingerprint density at radius 1 is 1.53 bits per heavy atom. The number of hydrogen-bond donors (Lipinski definition) is 1. The third-order valence-corrected chi connectivity index (χ3v) is 3.52. The summed E-state index contributed by atoms with van der Waals surface area (Å²) < 4.78 is 1.83. The molecule has 1 aromatic rings. The van der Waals surface area contributed by atoms with Crippen molar-refractivity contribution in [3.8, 4) is 0 Å². The first-order valence-electron chi connectivity index (χ1n) is 5.84. The first-order valence-corrected chi connectivity index (χ1v) is 5.84. The summed E-state index contributed by atoms with van der Waals surface area (Å²) in [5, 5.41) is 11.4. The average molecular weight is 208 g/mol. The van der Waals surface area contributed by atoms with E-state index < -0.39 is 0 Å². The Morgan fingerprint density at radius 3 is 2.87 bits per heavy atom. The smallest absolute Gasteiger partial charge is 0.0738 e. The van der Waals surface area contributed by atoms with E-state index in [9.17, 15) is 0 Å². The lowest BCUT2D eigenvalue weighted by atomic mass is 10.00. The predicted molar refractivity (Wildman–Crippen MR) is 59.3 cm³/mol. The molecular weight excluding hydrogens is 188 g/mol. The van der Waals surface area contributed by atoms with Crippen molar-refractivity contribution in [1.82, 2.24) is 20.3 Å². The number of aryl methyl sites for hydroxylation is 1. The fraction of sp³-hybridized carbons (Fsp3) is 0.818. The molecule has 1 aliphatic carbocycles. The molecule has 1 aliphatic rings. The van der Waals surface area contributed by atoms with E-state index in [-0.39, 0.29) is 0 Å². The molecule has 1 fully saturated rings. The zero-order valence-electron chi connectivity index (χ0n) is 9.61. The largest absolute Gasteiger partial charge is 0.308 e. The van der Waals surface area contributed by atoms with Gasteiger partial charge in [0.1, 0.15) is 0 Å². The average Bonchev–Trinajstić information content (AvgIpc) is 2.85. The maximum atomic E-state index is 3.92. The summed E-state index contributed by atoms with van der Waals surface area (Å²) in [6, 6.07) is 0.613. The van der Waals surface area contributed by atoms with Crippen LogP contribution in [0.25, 0.3) is 0 Å². The zero-order chi connectivity index (χ0) is 10.7. The molecule has 0 amide bonds. The van der Waals surface area contributed by atoms with E-state index in [2.05, 4.69) is 22.6 Å². The van der Waals surface area contributed by atoms with Crippen molar-refractivity contribution in [1.29, 1.82) is 0 Å². The van der Waals surface area contributed by atoms with Crippen molar-refractivity contribution in [3.05, 3.63) is 11.9 Å². The minimum atomic E-state index is 0.613. The second-order valence-corrected chi connectivity index (χ2v) is 4.56. The highest BCUT2D eigenvalue weighted by molar-refractivity contribution is 4.93. The van der Waals surface area contributed by atoms with E-state index in [0.29, 0.717) is 6.04 Å². The van der Waals surface area contributed by atoms with Gasteiger partial charge in [-0.2, -0.15) is 0 Å². The van der Waals surface area contributed by atoms with Gasteiger partial charge in [-0.3, -0.25) is 4.68 Å². The van der Waals surface area contributed by atoms with Crippen LogP contribution in [0.5, 0.6) is 0 Å². The van der Waals surface area contributed by atoms with Gasteiger partial charge in [0.15, 0.2) is 0 Å². The highest BCUT2D eigenvalue weighted by atomic mass is 15.4. The van der Waals surface area contributed by atoms with Crippen molar-refractivity contribution in [2.24, 2.45) is 13.0 Å². The van der Waals surface area contributed by atoms with Gasteiger partial charge < -0.3 is 5.32 Å². The molecule has 1 heterocycles. The molecule has 84 valence electrons. The second-order valence-electron chi connectivity index (χ2n) is 4.56. The van der Waals surface area contributed by atoms with Gasteiger partial charge >= 0.3 is 0 Å². The molecule has 2 rings (SSSR count). The minimum absolute atomic E-state index is 0.613. The minimum Gasteiger partial charge on any atom is -0.308 e. The summed E-state index contributed by atoms with van der Waals surface area (Å²) >= 11 is 0. The van der Waals surface area contributed by atoms with Crippen molar-refractivity contribution >= 4 is 0 Å². The van der Waals surface area contributed by atoms with Gasteiger partial charge in [-0.05, 0) is 25.7 Å². The van der Waals surface area contributed by atoms with Crippen LogP contribution in [0.1, 0.15) is 38.3 Å². The highest BCUT2D eigenvalue weighted by Crippen LogP contribution is 2.27.